The van der Waals surface area contributed by atoms with Crippen molar-refractivity contribution in [1.82, 2.24) is 5.32 Å². The second-order valence-corrected chi connectivity index (χ2v) is 7.51. The SMILES string of the molecule is COc1cc(NC(=O)[C@@H]2CC(c3ccc(C#N)c(C(F)(F)F)c3)[C@H](C(F)(F)F)N2)ccc1C#N. The molecule has 1 saturated heterocycles. The molecule has 34 heavy (non-hydrogen) atoms. The van der Waals surface area contributed by atoms with Crippen LogP contribution < -0.4 is 15.4 Å². The highest BCUT2D eigenvalue weighted by molar-refractivity contribution is 5.95. The van der Waals surface area contributed by atoms with Gasteiger partial charge in [-0.05, 0) is 36.2 Å². The number of hydrogen-bond donors (Lipinski definition) is 2. The number of nitriles is 2. The number of rotatable bonds is 4. The van der Waals surface area contributed by atoms with E-state index >= 15 is 0 Å². The molecule has 1 heterocycles. The van der Waals surface area contributed by atoms with E-state index in [2.05, 4.69) is 10.6 Å². The van der Waals surface area contributed by atoms with Gasteiger partial charge in [0, 0.05) is 17.7 Å². The van der Waals surface area contributed by atoms with Crippen LogP contribution in [0.3, 0.4) is 0 Å². The molecule has 0 radical (unpaired) electrons. The number of carbonyl (C=O) groups is 1. The first-order chi connectivity index (χ1) is 15.9. The highest BCUT2D eigenvalue weighted by Gasteiger charge is 2.52. The summed E-state index contributed by atoms with van der Waals surface area (Å²) in [4.78, 5) is 12.7. The number of carbonyl (C=O) groups excluding carboxylic acids is 1. The molecule has 2 aromatic rings. The molecule has 1 aliphatic heterocycles. The Bertz CT molecular complexity index is 1180. The number of anilines is 1. The molecule has 0 spiro atoms. The Morgan fingerprint density at radius 2 is 1.71 bits per heavy atom. The predicted octanol–water partition coefficient (Wildman–Crippen LogP) is 4.47. The van der Waals surface area contributed by atoms with E-state index in [4.69, 9.17) is 15.3 Å². The van der Waals surface area contributed by atoms with Crippen molar-refractivity contribution in [3.8, 4) is 17.9 Å². The van der Waals surface area contributed by atoms with E-state index in [1.807, 2.05) is 6.07 Å². The maximum Gasteiger partial charge on any atom is 0.417 e. The van der Waals surface area contributed by atoms with Crippen molar-refractivity contribution in [2.45, 2.75) is 36.8 Å². The summed E-state index contributed by atoms with van der Waals surface area (Å²) in [6.07, 6.45) is -10.2. The van der Waals surface area contributed by atoms with E-state index in [1.165, 1.54) is 31.4 Å². The van der Waals surface area contributed by atoms with Crippen molar-refractivity contribution < 1.29 is 35.9 Å². The van der Waals surface area contributed by atoms with Gasteiger partial charge >= 0.3 is 12.4 Å². The lowest BCUT2D eigenvalue weighted by molar-refractivity contribution is -0.156. The maximum absolute atomic E-state index is 13.7. The Hall–Kier alpha value is -3.77. The van der Waals surface area contributed by atoms with Crippen LogP contribution in [0.2, 0.25) is 0 Å². The van der Waals surface area contributed by atoms with Crippen molar-refractivity contribution in [3.63, 3.8) is 0 Å². The molecule has 1 amide bonds. The molecule has 0 bridgehead atoms. The van der Waals surface area contributed by atoms with Crippen LogP contribution in [0.4, 0.5) is 32.0 Å². The number of benzene rings is 2. The molecule has 3 rings (SSSR count). The number of ether oxygens (including phenoxy) is 1. The molecule has 1 unspecified atom stereocenters. The number of methoxy groups -OCH3 is 1. The lowest BCUT2D eigenvalue weighted by Gasteiger charge is -2.23. The van der Waals surface area contributed by atoms with Gasteiger partial charge in [0.2, 0.25) is 5.91 Å². The Morgan fingerprint density at radius 3 is 2.26 bits per heavy atom. The highest BCUT2D eigenvalue weighted by Crippen LogP contribution is 2.42. The van der Waals surface area contributed by atoms with E-state index in [-0.39, 0.29) is 22.6 Å². The molecule has 0 aliphatic carbocycles. The molecule has 178 valence electrons. The fourth-order valence-electron chi connectivity index (χ4n) is 3.84. The van der Waals surface area contributed by atoms with Crippen LogP contribution in [-0.2, 0) is 11.0 Å². The van der Waals surface area contributed by atoms with Crippen LogP contribution >= 0.6 is 0 Å². The smallest absolute Gasteiger partial charge is 0.417 e. The van der Waals surface area contributed by atoms with Crippen molar-refractivity contribution in [1.29, 1.82) is 10.5 Å². The zero-order valence-corrected chi connectivity index (χ0v) is 17.4. The van der Waals surface area contributed by atoms with Gasteiger partial charge in [-0.3, -0.25) is 10.1 Å². The third-order valence-electron chi connectivity index (χ3n) is 5.43. The second kappa shape index (κ2) is 9.23. The number of nitrogens with one attached hydrogen (secondary N) is 2. The molecule has 1 fully saturated rings. The summed E-state index contributed by atoms with van der Waals surface area (Å²) in [7, 11) is 1.30. The summed E-state index contributed by atoms with van der Waals surface area (Å²) in [5, 5.41) is 22.5. The molecule has 6 nitrogen and oxygen atoms in total. The summed E-state index contributed by atoms with van der Waals surface area (Å²) in [5.74, 6) is -2.20. The minimum absolute atomic E-state index is 0.142. The summed E-state index contributed by atoms with van der Waals surface area (Å²) in [5.41, 5.74) is -2.01. The van der Waals surface area contributed by atoms with Gasteiger partial charge in [0.1, 0.15) is 17.9 Å². The minimum Gasteiger partial charge on any atom is -0.495 e. The Morgan fingerprint density at radius 1 is 1.06 bits per heavy atom. The summed E-state index contributed by atoms with van der Waals surface area (Å²) >= 11 is 0. The monoisotopic (exact) mass is 482 g/mol. The average Bonchev–Trinajstić information content (AvgIpc) is 3.24. The Balaban J connectivity index is 1.90. The predicted molar refractivity (Wildman–Crippen MR) is 107 cm³/mol. The first-order valence-electron chi connectivity index (χ1n) is 9.72. The quantitative estimate of drug-likeness (QED) is 0.627. The van der Waals surface area contributed by atoms with Crippen molar-refractivity contribution >= 4 is 11.6 Å². The number of alkyl halides is 6. The van der Waals surface area contributed by atoms with Gasteiger partial charge in [-0.15, -0.1) is 0 Å². The number of hydrogen-bond acceptors (Lipinski definition) is 5. The molecule has 2 N–H and O–H groups in total. The highest BCUT2D eigenvalue weighted by atomic mass is 19.4. The van der Waals surface area contributed by atoms with Gasteiger partial charge in [0.25, 0.3) is 0 Å². The molecule has 0 saturated carbocycles. The lowest BCUT2D eigenvalue weighted by Crippen LogP contribution is -2.46. The van der Waals surface area contributed by atoms with Gasteiger partial charge in [-0.2, -0.15) is 36.9 Å². The molecular formula is C22H16F6N4O2. The van der Waals surface area contributed by atoms with Crippen LogP contribution in [0.5, 0.6) is 5.75 Å². The van der Waals surface area contributed by atoms with Crippen LogP contribution in [0.15, 0.2) is 36.4 Å². The fraction of sp³-hybridized carbons (Fsp3) is 0.318. The number of amides is 1. The van der Waals surface area contributed by atoms with E-state index in [0.29, 0.717) is 6.07 Å². The van der Waals surface area contributed by atoms with E-state index in [0.717, 1.165) is 12.1 Å². The second-order valence-electron chi connectivity index (χ2n) is 7.51. The van der Waals surface area contributed by atoms with Crippen LogP contribution in [-0.4, -0.2) is 31.3 Å². The number of nitrogens with zero attached hydrogens (tertiary/aromatic N) is 2. The lowest BCUT2D eigenvalue weighted by atomic mass is 9.88. The van der Waals surface area contributed by atoms with Crippen LogP contribution in [0.25, 0.3) is 0 Å². The first-order valence-corrected chi connectivity index (χ1v) is 9.72. The molecular weight excluding hydrogens is 466 g/mol. The summed E-state index contributed by atoms with van der Waals surface area (Å²) in [6.45, 7) is 0. The molecule has 2 aromatic carbocycles. The molecule has 0 aromatic heterocycles. The van der Waals surface area contributed by atoms with E-state index < -0.39 is 53.8 Å². The topological polar surface area (TPSA) is 97.9 Å². The molecule has 12 heteroatoms. The zero-order valence-electron chi connectivity index (χ0n) is 17.4. The average molecular weight is 482 g/mol. The van der Waals surface area contributed by atoms with Crippen molar-refractivity contribution in [3.05, 3.63) is 58.7 Å². The van der Waals surface area contributed by atoms with Gasteiger partial charge in [0.15, 0.2) is 0 Å². The third-order valence-corrected chi connectivity index (χ3v) is 5.43. The van der Waals surface area contributed by atoms with Crippen molar-refractivity contribution in [2.75, 3.05) is 12.4 Å². The fourth-order valence-corrected chi connectivity index (χ4v) is 3.84. The van der Waals surface area contributed by atoms with Crippen molar-refractivity contribution in [2.24, 2.45) is 0 Å². The summed E-state index contributed by atoms with van der Waals surface area (Å²) in [6, 6.07) is 6.02. The Kier molecular flexibility index (Phi) is 6.75. The van der Waals surface area contributed by atoms with E-state index in [1.54, 1.807) is 0 Å². The van der Waals surface area contributed by atoms with Gasteiger partial charge in [-0.1, -0.05) is 6.07 Å². The first kappa shape index (κ1) is 24.9. The van der Waals surface area contributed by atoms with Crippen LogP contribution in [0.1, 0.15) is 34.6 Å². The molecule has 3 atom stereocenters. The summed E-state index contributed by atoms with van der Waals surface area (Å²) < 4.78 is 86.1. The van der Waals surface area contributed by atoms with Gasteiger partial charge in [0.05, 0.1) is 35.9 Å². The third kappa shape index (κ3) is 5.07. The maximum atomic E-state index is 13.7. The zero-order chi connectivity index (χ0) is 25.3. The number of halogens is 6. The van der Waals surface area contributed by atoms with E-state index in [9.17, 15) is 31.1 Å². The largest absolute Gasteiger partial charge is 0.495 e. The Labute approximate surface area is 189 Å². The van der Waals surface area contributed by atoms with Gasteiger partial charge < -0.3 is 10.1 Å². The van der Waals surface area contributed by atoms with Crippen LogP contribution in [0, 0.1) is 22.7 Å². The normalized spacial score (nSPS) is 20.3. The molecule has 1 aliphatic rings. The minimum atomic E-state index is -4.94. The van der Waals surface area contributed by atoms with Gasteiger partial charge in [-0.25, -0.2) is 0 Å². The standard InChI is InChI=1S/C22H16F6N4O2/c1-34-18-7-14(5-4-13(18)10-30)31-20(33)17-8-15(19(32-17)22(26,27)28)11-2-3-12(9-29)16(6-11)21(23,24)25/h2-7,15,17,19,32H,8H2,1H3,(H,31,33)/t15?,17-,19+/m0/s1.